The first-order valence-corrected chi connectivity index (χ1v) is 3.98. The Morgan fingerprint density at radius 2 is 1.60 bits per heavy atom. The first-order valence-electron chi connectivity index (χ1n) is 3.98. The summed E-state index contributed by atoms with van der Waals surface area (Å²) in [4.78, 5) is 2.49. The van der Waals surface area contributed by atoms with Crippen LogP contribution in [0.5, 0.6) is 0 Å². The van der Waals surface area contributed by atoms with Gasteiger partial charge in [0, 0.05) is 39.3 Å². The monoisotopic (exact) mass is 140 g/mol. The van der Waals surface area contributed by atoms with Gasteiger partial charge in [-0.05, 0) is 0 Å². The SMILES string of the molecule is C1CN2CCNC[C]2CN1. The van der Waals surface area contributed by atoms with E-state index in [1.807, 2.05) is 0 Å². The molecule has 0 aromatic heterocycles. The summed E-state index contributed by atoms with van der Waals surface area (Å²) in [6, 6.07) is 1.54. The molecule has 0 bridgehead atoms. The summed E-state index contributed by atoms with van der Waals surface area (Å²) in [5.74, 6) is 0. The molecule has 0 aromatic rings. The Bertz CT molecular complexity index is 89.4. The van der Waals surface area contributed by atoms with Crippen molar-refractivity contribution >= 4 is 0 Å². The molecule has 2 rings (SSSR count). The number of nitrogens with one attached hydrogen (secondary N) is 2. The van der Waals surface area contributed by atoms with E-state index in [0.717, 1.165) is 26.2 Å². The van der Waals surface area contributed by atoms with Gasteiger partial charge in [0.1, 0.15) is 0 Å². The molecule has 0 unspecified atom stereocenters. The van der Waals surface area contributed by atoms with E-state index in [4.69, 9.17) is 0 Å². The lowest BCUT2D eigenvalue weighted by molar-refractivity contribution is 0.207. The van der Waals surface area contributed by atoms with Crippen LogP contribution in [0.3, 0.4) is 0 Å². The van der Waals surface area contributed by atoms with E-state index in [2.05, 4.69) is 15.5 Å². The van der Waals surface area contributed by atoms with Crippen molar-refractivity contribution in [1.29, 1.82) is 0 Å². The predicted molar refractivity (Wildman–Crippen MR) is 40.6 cm³/mol. The molecule has 0 amide bonds. The second-order valence-corrected chi connectivity index (χ2v) is 2.91. The van der Waals surface area contributed by atoms with Gasteiger partial charge in [-0.2, -0.15) is 0 Å². The number of hydrogen-bond donors (Lipinski definition) is 2. The minimum absolute atomic E-state index is 1.09. The topological polar surface area (TPSA) is 27.3 Å². The van der Waals surface area contributed by atoms with E-state index in [-0.39, 0.29) is 0 Å². The summed E-state index contributed by atoms with van der Waals surface area (Å²) >= 11 is 0. The minimum atomic E-state index is 1.09. The normalized spacial score (nSPS) is 30.0. The van der Waals surface area contributed by atoms with Crippen LogP contribution < -0.4 is 10.6 Å². The van der Waals surface area contributed by atoms with Crippen molar-refractivity contribution in [3.8, 4) is 0 Å². The highest BCUT2D eigenvalue weighted by molar-refractivity contribution is 5.00. The number of nitrogens with zero attached hydrogens (tertiary/aromatic N) is 1. The number of hydrogen-bond acceptors (Lipinski definition) is 3. The van der Waals surface area contributed by atoms with Gasteiger partial charge >= 0.3 is 0 Å². The molecule has 0 spiro atoms. The smallest absolute Gasteiger partial charge is 0.0669 e. The van der Waals surface area contributed by atoms with Crippen molar-refractivity contribution in [2.24, 2.45) is 0 Å². The fraction of sp³-hybridized carbons (Fsp3) is 0.857. The van der Waals surface area contributed by atoms with Gasteiger partial charge in [-0.1, -0.05) is 0 Å². The molecule has 2 saturated heterocycles. The van der Waals surface area contributed by atoms with Crippen molar-refractivity contribution in [3.63, 3.8) is 0 Å². The van der Waals surface area contributed by atoms with Crippen LogP contribution in [0.15, 0.2) is 0 Å². The Labute approximate surface area is 61.8 Å². The Balaban J connectivity index is 1.93. The molecule has 1 radical (unpaired) electrons. The van der Waals surface area contributed by atoms with Crippen molar-refractivity contribution in [3.05, 3.63) is 6.04 Å². The Hall–Kier alpha value is -0.120. The number of rotatable bonds is 0. The summed E-state index contributed by atoms with van der Waals surface area (Å²) in [5.41, 5.74) is 0. The maximum atomic E-state index is 3.37. The third kappa shape index (κ3) is 1.17. The van der Waals surface area contributed by atoms with Gasteiger partial charge in [-0.15, -0.1) is 0 Å². The van der Waals surface area contributed by atoms with Crippen LogP contribution in [0, 0.1) is 6.04 Å². The van der Waals surface area contributed by atoms with E-state index in [0.29, 0.717) is 0 Å². The van der Waals surface area contributed by atoms with E-state index >= 15 is 0 Å². The molecule has 2 aliphatic heterocycles. The molecule has 0 atom stereocenters. The Morgan fingerprint density at radius 1 is 1.00 bits per heavy atom. The molecule has 3 nitrogen and oxygen atoms in total. The van der Waals surface area contributed by atoms with Gasteiger partial charge in [0.05, 0.1) is 6.04 Å². The van der Waals surface area contributed by atoms with Crippen LogP contribution in [0.2, 0.25) is 0 Å². The minimum Gasteiger partial charge on any atom is -0.313 e. The highest BCUT2D eigenvalue weighted by Crippen LogP contribution is 2.11. The van der Waals surface area contributed by atoms with Crippen LogP contribution in [0.4, 0.5) is 0 Å². The summed E-state index contributed by atoms with van der Waals surface area (Å²) < 4.78 is 0. The second kappa shape index (κ2) is 2.86. The zero-order chi connectivity index (χ0) is 6.81. The fourth-order valence-corrected chi connectivity index (χ4v) is 1.61. The van der Waals surface area contributed by atoms with Gasteiger partial charge < -0.3 is 10.6 Å². The van der Waals surface area contributed by atoms with Gasteiger partial charge in [-0.25, -0.2) is 0 Å². The molecule has 57 valence electrons. The third-order valence-corrected chi connectivity index (χ3v) is 2.22. The Morgan fingerprint density at radius 3 is 2.10 bits per heavy atom. The van der Waals surface area contributed by atoms with Crippen molar-refractivity contribution in [2.45, 2.75) is 0 Å². The maximum absolute atomic E-state index is 3.37. The predicted octanol–water partition coefficient (Wildman–Crippen LogP) is -0.973. The lowest BCUT2D eigenvalue weighted by atomic mass is 10.1. The average molecular weight is 140 g/mol. The molecule has 2 N–H and O–H groups in total. The maximum Gasteiger partial charge on any atom is 0.0669 e. The molecule has 0 aromatic carbocycles. The molecule has 2 heterocycles. The van der Waals surface area contributed by atoms with Gasteiger partial charge in [0.25, 0.3) is 0 Å². The summed E-state index contributed by atoms with van der Waals surface area (Å²) in [7, 11) is 0. The molecular formula is C7H14N3. The van der Waals surface area contributed by atoms with Gasteiger partial charge in [0.15, 0.2) is 0 Å². The lowest BCUT2D eigenvalue weighted by Crippen LogP contribution is -2.55. The first-order chi connectivity index (χ1) is 4.97. The van der Waals surface area contributed by atoms with Crippen LogP contribution in [0.1, 0.15) is 0 Å². The highest BCUT2D eigenvalue weighted by atomic mass is 15.3. The standard InChI is InChI=1S/C7H14N3/c1-3-10-4-2-9-6-7(10)5-8-1/h8-9H,1-6H2. The van der Waals surface area contributed by atoms with Crippen LogP contribution in [-0.2, 0) is 0 Å². The Kier molecular flexibility index (Phi) is 1.88. The number of piperazine rings is 2. The summed E-state index contributed by atoms with van der Waals surface area (Å²) in [6.07, 6.45) is 0. The van der Waals surface area contributed by atoms with Crippen LogP contribution in [-0.4, -0.2) is 44.2 Å². The zero-order valence-corrected chi connectivity index (χ0v) is 6.19. The zero-order valence-electron chi connectivity index (χ0n) is 6.19. The molecule has 2 fully saturated rings. The molecule has 3 heteroatoms. The summed E-state index contributed by atoms with van der Waals surface area (Å²) in [5, 5.41) is 6.73. The van der Waals surface area contributed by atoms with Crippen molar-refractivity contribution in [1.82, 2.24) is 15.5 Å². The first kappa shape index (κ1) is 6.58. The highest BCUT2D eigenvalue weighted by Gasteiger charge is 2.24. The lowest BCUT2D eigenvalue weighted by Gasteiger charge is -2.38. The van der Waals surface area contributed by atoms with E-state index < -0.39 is 0 Å². The molecule has 0 aliphatic carbocycles. The van der Waals surface area contributed by atoms with E-state index in [1.165, 1.54) is 19.1 Å². The van der Waals surface area contributed by atoms with Gasteiger partial charge in [-0.3, -0.25) is 4.90 Å². The largest absolute Gasteiger partial charge is 0.313 e. The van der Waals surface area contributed by atoms with Crippen LogP contribution in [0.25, 0.3) is 0 Å². The number of fused-ring (bicyclic) bond motifs is 1. The second-order valence-electron chi connectivity index (χ2n) is 2.91. The van der Waals surface area contributed by atoms with Crippen molar-refractivity contribution < 1.29 is 0 Å². The third-order valence-electron chi connectivity index (χ3n) is 2.22. The fourth-order valence-electron chi connectivity index (χ4n) is 1.61. The summed E-state index contributed by atoms with van der Waals surface area (Å²) in [6.45, 7) is 6.90. The average Bonchev–Trinajstić information content (AvgIpc) is 2.05. The molecule has 10 heavy (non-hydrogen) atoms. The van der Waals surface area contributed by atoms with E-state index in [9.17, 15) is 0 Å². The van der Waals surface area contributed by atoms with Gasteiger partial charge in [0.2, 0.25) is 0 Å². The molecule has 2 aliphatic rings. The van der Waals surface area contributed by atoms with Crippen LogP contribution >= 0.6 is 0 Å². The van der Waals surface area contributed by atoms with E-state index in [1.54, 1.807) is 0 Å². The quantitative estimate of drug-likeness (QED) is 0.453. The molecule has 0 saturated carbocycles. The van der Waals surface area contributed by atoms with Crippen molar-refractivity contribution in [2.75, 3.05) is 39.3 Å². The molecular weight excluding hydrogens is 126 g/mol.